The van der Waals surface area contributed by atoms with E-state index >= 15 is 0 Å². The first-order chi connectivity index (χ1) is 15.3. The van der Waals surface area contributed by atoms with Gasteiger partial charge in [-0.3, -0.25) is 14.2 Å². The minimum Gasteiger partial charge on any atom is -0.325 e. The van der Waals surface area contributed by atoms with Crippen LogP contribution in [-0.4, -0.2) is 21.2 Å². The summed E-state index contributed by atoms with van der Waals surface area (Å²) in [5.74, 6) is 0.399. The quantitative estimate of drug-likeness (QED) is 0.285. The smallest absolute Gasteiger partial charge is 0.276 e. The first kappa shape index (κ1) is 22.3. The van der Waals surface area contributed by atoms with Crippen LogP contribution in [0.2, 0.25) is 0 Å². The third-order valence-electron chi connectivity index (χ3n) is 5.08. The molecule has 0 aliphatic rings. The van der Waals surface area contributed by atoms with Gasteiger partial charge in [0.25, 0.3) is 5.56 Å². The van der Waals surface area contributed by atoms with Gasteiger partial charge in [-0.15, -0.1) is 11.3 Å². The maximum atomic E-state index is 13.3. The van der Waals surface area contributed by atoms with Crippen LogP contribution in [0.25, 0.3) is 15.9 Å². The summed E-state index contributed by atoms with van der Waals surface area (Å²) in [6.07, 6.45) is 0. The van der Waals surface area contributed by atoms with E-state index < -0.39 is 0 Å². The van der Waals surface area contributed by atoms with Crippen LogP contribution in [-0.2, 0) is 4.79 Å². The van der Waals surface area contributed by atoms with Crippen molar-refractivity contribution in [2.45, 2.75) is 38.8 Å². The number of carbonyl (C=O) groups is 1. The second-order valence-corrected chi connectivity index (χ2v) is 9.99. The normalized spacial score (nSPS) is 11.3. The summed E-state index contributed by atoms with van der Waals surface area (Å²) < 4.78 is 2.24. The van der Waals surface area contributed by atoms with Crippen LogP contribution in [0.5, 0.6) is 0 Å². The lowest BCUT2D eigenvalue weighted by Crippen LogP contribution is -2.22. The van der Waals surface area contributed by atoms with Gasteiger partial charge in [0.2, 0.25) is 5.91 Å². The minimum atomic E-state index is -0.137. The molecule has 32 heavy (non-hydrogen) atoms. The van der Waals surface area contributed by atoms with E-state index in [1.165, 1.54) is 28.7 Å². The van der Waals surface area contributed by atoms with Crippen molar-refractivity contribution in [1.29, 1.82) is 0 Å². The molecule has 0 unspecified atom stereocenters. The molecule has 164 valence electrons. The molecule has 7 heteroatoms. The van der Waals surface area contributed by atoms with Crippen molar-refractivity contribution in [3.05, 3.63) is 81.0 Å². The maximum absolute atomic E-state index is 13.3. The molecule has 0 spiro atoms. The highest BCUT2D eigenvalue weighted by Gasteiger charge is 2.16. The molecule has 1 amide bonds. The minimum absolute atomic E-state index is 0.109. The van der Waals surface area contributed by atoms with Crippen LogP contribution < -0.4 is 10.9 Å². The van der Waals surface area contributed by atoms with Crippen molar-refractivity contribution < 1.29 is 4.79 Å². The van der Waals surface area contributed by atoms with Crippen LogP contribution >= 0.6 is 23.1 Å². The highest BCUT2D eigenvalue weighted by molar-refractivity contribution is 7.99. The first-order valence-electron chi connectivity index (χ1n) is 10.4. The molecule has 0 fully saturated rings. The summed E-state index contributed by atoms with van der Waals surface area (Å²) in [5.41, 5.74) is 5.39. The number of rotatable bonds is 6. The summed E-state index contributed by atoms with van der Waals surface area (Å²) in [5, 5.41) is 5.34. The molecule has 0 radical (unpaired) electrons. The van der Waals surface area contributed by atoms with E-state index in [9.17, 15) is 9.59 Å². The van der Waals surface area contributed by atoms with E-state index in [1.807, 2.05) is 55.6 Å². The van der Waals surface area contributed by atoms with Crippen LogP contribution in [0.3, 0.4) is 0 Å². The highest BCUT2D eigenvalue weighted by Crippen LogP contribution is 2.25. The Morgan fingerprint density at radius 1 is 1.12 bits per heavy atom. The monoisotopic (exact) mass is 463 g/mol. The maximum Gasteiger partial charge on any atom is 0.276 e. The molecule has 0 saturated heterocycles. The first-order valence-corrected chi connectivity index (χ1v) is 12.3. The van der Waals surface area contributed by atoms with Gasteiger partial charge in [0.15, 0.2) is 5.16 Å². The fraction of sp³-hybridized carbons (Fsp3) is 0.240. The Bertz CT molecular complexity index is 1330. The fourth-order valence-corrected chi connectivity index (χ4v) is 5.17. The van der Waals surface area contributed by atoms with Crippen molar-refractivity contribution >= 4 is 44.9 Å². The van der Waals surface area contributed by atoms with Gasteiger partial charge in [0.05, 0.1) is 17.0 Å². The molecule has 0 bridgehead atoms. The fourth-order valence-electron chi connectivity index (χ4n) is 3.60. The molecular formula is C25H25N3O2S2. The van der Waals surface area contributed by atoms with Gasteiger partial charge in [-0.2, -0.15) is 0 Å². The molecular weight excluding hydrogens is 438 g/mol. The van der Waals surface area contributed by atoms with Gasteiger partial charge in [-0.05, 0) is 72.2 Å². The number of hydrogen-bond donors (Lipinski definition) is 1. The lowest BCUT2D eigenvalue weighted by molar-refractivity contribution is -0.113. The number of anilines is 1. The Balaban J connectivity index is 1.63. The summed E-state index contributed by atoms with van der Waals surface area (Å²) in [6, 6.07) is 15.7. The van der Waals surface area contributed by atoms with E-state index in [2.05, 4.69) is 31.3 Å². The van der Waals surface area contributed by atoms with E-state index in [1.54, 1.807) is 4.57 Å². The van der Waals surface area contributed by atoms with Gasteiger partial charge in [0, 0.05) is 5.69 Å². The number of nitrogens with zero attached hydrogens (tertiary/aromatic N) is 2. The molecule has 5 nitrogen and oxygen atoms in total. The molecule has 0 saturated carbocycles. The second kappa shape index (κ2) is 9.30. The van der Waals surface area contributed by atoms with Crippen LogP contribution in [0, 0.1) is 13.8 Å². The lowest BCUT2D eigenvalue weighted by Gasteiger charge is -2.14. The number of aryl methyl sites for hydroxylation is 2. The third kappa shape index (κ3) is 4.79. The summed E-state index contributed by atoms with van der Waals surface area (Å²) in [4.78, 5) is 30.7. The number of benzene rings is 2. The van der Waals surface area contributed by atoms with Gasteiger partial charge < -0.3 is 5.32 Å². The van der Waals surface area contributed by atoms with Gasteiger partial charge in [-0.25, -0.2) is 4.98 Å². The Morgan fingerprint density at radius 2 is 1.88 bits per heavy atom. The molecule has 4 aromatic rings. The topological polar surface area (TPSA) is 64.0 Å². The van der Waals surface area contributed by atoms with E-state index in [0.717, 1.165) is 22.5 Å². The average Bonchev–Trinajstić information content (AvgIpc) is 3.21. The van der Waals surface area contributed by atoms with Crippen LogP contribution in [0.4, 0.5) is 5.69 Å². The zero-order valence-electron chi connectivity index (χ0n) is 18.5. The van der Waals surface area contributed by atoms with Crippen LogP contribution in [0.15, 0.2) is 63.9 Å². The van der Waals surface area contributed by atoms with Crippen molar-refractivity contribution in [2.75, 3.05) is 11.1 Å². The lowest BCUT2D eigenvalue weighted by atomic mass is 10.0. The zero-order valence-corrected chi connectivity index (χ0v) is 20.1. The number of hydrogen-bond acceptors (Lipinski definition) is 5. The highest BCUT2D eigenvalue weighted by atomic mass is 32.2. The molecule has 2 heterocycles. The Labute approximate surface area is 195 Å². The average molecular weight is 464 g/mol. The summed E-state index contributed by atoms with van der Waals surface area (Å²) >= 11 is 2.65. The largest absolute Gasteiger partial charge is 0.325 e. The second-order valence-electron chi connectivity index (χ2n) is 8.13. The predicted molar refractivity (Wildman–Crippen MR) is 135 cm³/mol. The summed E-state index contributed by atoms with van der Waals surface area (Å²) in [7, 11) is 0. The third-order valence-corrected chi connectivity index (χ3v) is 6.91. The number of fused-ring (bicyclic) bond motifs is 1. The molecule has 0 atom stereocenters. The number of nitrogens with one attached hydrogen (secondary N) is 1. The molecule has 0 aliphatic carbocycles. The van der Waals surface area contributed by atoms with Gasteiger partial charge >= 0.3 is 0 Å². The number of thioether (sulfide) groups is 1. The molecule has 2 aromatic heterocycles. The number of thiophene rings is 1. The molecule has 4 rings (SSSR count). The molecule has 1 N–H and O–H groups in total. The Morgan fingerprint density at radius 3 is 2.59 bits per heavy atom. The number of aromatic nitrogens is 2. The zero-order chi connectivity index (χ0) is 22.8. The van der Waals surface area contributed by atoms with Crippen LogP contribution in [0.1, 0.15) is 36.5 Å². The van der Waals surface area contributed by atoms with Crippen molar-refractivity contribution in [2.24, 2.45) is 0 Å². The molecule has 2 aromatic carbocycles. The number of carbonyl (C=O) groups excluding carboxylic acids is 1. The predicted octanol–water partition coefficient (Wildman–Crippen LogP) is 5.92. The number of amides is 1. The van der Waals surface area contributed by atoms with E-state index in [0.29, 0.717) is 21.3 Å². The Hall–Kier alpha value is -2.90. The van der Waals surface area contributed by atoms with Gasteiger partial charge in [0.1, 0.15) is 4.70 Å². The summed E-state index contributed by atoms with van der Waals surface area (Å²) in [6.45, 7) is 8.25. The Kier molecular flexibility index (Phi) is 6.48. The molecule has 0 aliphatic heterocycles. The van der Waals surface area contributed by atoms with Gasteiger partial charge in [-0.1, -0.05) is 43.8 Å². The standard InChI is InChI=1S/C25H25N3O2S2/c1-15(2)18-6-5-7-19(13-18)26-22(29)14-32-25-27-21-8-9-31-23(21)24(30)28(25)20-11-16(3)10-17(4)12-20/h5-13,15H,14H2,1-4H3,(H,26,29). The van der Waals surface area contributed by atoms with Crippen molar-refractivity contribution in [3.8, 4) is 5.69 Å². The SMILES string of the molecule is Cc1cc(C)cc(-n2c(SCC(=O)Nc3cccc(C(C)C)c3)nc3ccsc3c2=O)c1. The van der Waals surface area contributed by atoms with Crippen molar-refractivity contribution in [1.82, 2.24) is 9.55 Å². The van der Waals surface area contributed by atoms with Crippen molar-refractivity contribution in [3.63, 3.8) is 0 Å². The van der Waals surface area contributed by atoms with E-state index in [4.69, 9.17) is 4.98 Å². The van der Waals surface area contributed by atoms with E-state index in [-0.39, 0.29) is 17.2 Å².